The first-order chi connectivity index (χ1) is 16.3. The molecule has 1 fully saturated rings. The second-order valence-corrected chi connectivity index (χ2v) is 11.0. The Hall–Kier alpha value is -2.62. The van der Waals surface area contributed by atoms with E-state index >= 15 is 0 Å². The Balaban J connectivity index is 1.34. The van der Waals surface area contributed by atoms with Gasteiger partial charge in [-0.3, -0.25) is 9.69 Å². The predicted octanol–water partition coefficient (Wildman–Crippen LogP) is 2.67. The maximum absolute atomic E-state index is 12.9. The Morgan fingerprint density at radius 2 is 1.65 bits per heavy atom. The number of nitrogens with one attached hydrogen (secondary N) is 1. The van der Waals surface area contributed by atoms with Gasteiger partial charge in [-0.2, -0.15) is 4.31 Å². The minimum Gasteiger partial charge on any atom is -0.490 e. The third kappa shape index (κ3) is 5.71. The summed E-state index contributed by atoms with van der Waals surface area (Å²) in [6.45, 7) is 7.36. The van der Waals surface area contributed by atoms with E-state index in [1.54, 1.807) is 30.3 Å². The fraction of sp³-hybridized carbons (Fsp3) is 0.480. The van der Waals surface area contributed by atoms with Crippen LogP contribution in [0.1, 0.15) is 31.9 Å². The Labute approximate surface area is 201 Å². The van der Waals surface area contributed by atoms with Crippen LogP contribution in [-0.4, -0.2) is 69.5 Å². The Morgan fingerprint density at radius 3 is 2.32 bits per heavy atom. The number of rotatable bonds is 7. The summed E-state index contributed by atoms with van der Waals surface area (Å²) in [6, 6.07) is 14.1. The Morgan fingerprint density at radius 1 is 0.971 bits per heavy atom. The minimum absolute atomic E-state index is 0.0785. The van der Waals surface area contributed by atoms with Gasteiger partial charge in [0.15, 0.2) is 11.5 Å². The molecule has 1 N–H and O–H groups in total. The number of benzene rings is 2. The van der Waals surface area contributed by atoms with Gasteiger partial charge in [0.2, 0.25) is 15.9 Å². The van der Waals surface area contributed by atoms with Crippen LogP contribution in [0.2, 0.25) is 0 Å². The molecule has 0 saturated carbocycles. The molecule has 2 aliphatic rings. The monoisotopic (exact) mass is 487 g/mol. The van der Waals surface area contributed by atoms with Crippen LogP contribution in [0.3, 0.4) is 0 Å². The van der Waals surface area contributed by atoms with Gasteiger partial charge in [0, 0.05) is 32.6 Å². The van der Waals surface area contributed by atoms with Crippen molar-refractivity contribution in [2.75, 3.05) is 45.9 Å². The van der Waals surface area contributed by atoms with Crippen LogP contribution in [0.15, 0.2) is 53.4 Å². The van der Waals surface area contributed by atoms with E-state index in [4.69, 9.17) is 9.47 Å². The van der Waals surface area contributed by atoms with Crippen molar-refractivity contribution in [2.45, 2.75) is 31.2 Å². The van der Waals surface area contributed by atoms with E-state index in [0.717, 1.165) is 17.7 Å². The van der Waals surface area contributed by atoms with E-state index in [2.05, 4.69) is 19.2 Å². The van der Waals surface area contributed by atoms with Crippen molar-refractivity contribution < 1.29 is 22.7 Å². The highest BCUT2D eigenvalue weighted by Crippen LogP contribution is 2.34. The Bertz CT molecular complexity index is 1080. The summed E-state index contributed by atoms with van der Waals surface area (Å²) in [5.41, 5.74) is 0.978. The standard InChI is InChI=1S/C25H33N3O5S/c1-19(2)25(20-9-10-22-23(17-20)33-16-6-15-32-22)26-24(29)18-27-11-13-28(14-12-27)34(30,31)21-7-4-3-5-8-21/h3-5,7-10,17,19,25H,6,11-16,18H2,1-2H3,(H,26,29). The van der Waals surface area contributed by atoms with Gasteiger partial charge in [-0.05, 0) is 35.7 Å². The Kier molecular flexibility index (Phi) is 7.75. The first-order valence-electron chi connectivity index (χ1n) is 11.8. The van der Waals surface area contributed by atoms with Gasteiger partial charge in [-0.1, -0.05) is 38.1 Å². The van der Waals surface area contributed by atoms with Crippen molar-refractivity contribution in [3.05, 3.63) is 54.1 Å². The van der Waals surface area contributed by atoms with E-state index in [1.165, 1.54) is 4.31 Å². The highest BCUT2D eigenvalue weighted by molar-refractivity contribution is 7.89. The van der Waals surface area contributed by atoms with Gasteiger partial charge in [0.05, 0.1) is 30.7 Å². The van der Waals surface area contributed by atoms with Crippen molar-refractivity contribution in [1.29, 1.82) is 0 Å². The van der Waals surface area contributed by atoms with Crippen LogP contribution >= 0.6 is 0 Å². The average molecular weight is 488 g/mol. The van der Waals surface area contributed by atoms with Gasteiger partial charge in [-0.25, -0.2) is 8.42 Å². The maximum atomic E-state index is 12.9. The lowest BCUT2D eigenvalue weighted by Gasteiger charge is -2.34. The molecule has 0 radical (unpaired) electrons. The molecule has 1 unspecified atom stereocenters. The molecule has 0 aliphatic carbocycles. The highest BCUT2D eigenvalue weighted by Gasteiger charge is 2.29. The molecule has 0 bridgehead atoms. The molecule has 184 valence electrons. The summed E-state index contributed by atoms with van der Waals surface area (Å²) in [5, 5.41) is 3.16. The molecule has 34 heavy (non-hydrogen) atoms. The smallest absolute Gasteiger partial charge is 0.243 e. The number of carbonyl (C=O) groups is 1. The predicted molar refractivity (Wildman–Crippen MR) is 129 cm³/mol. The van der Waals surface area contributed by atoms with Gasteiger partial charge in [0.1, 0.15) is 0 Å². The van der Waals surface area contributed by atoms with Gasteiger partial charge < -0.3 is 14.8 Å². The summed E-state index contributed by atoms with van der Waals surface area (Å²) >= 11 is 0. The third-order valence-corrected chi connectivity index (χ3v) is 8.11. The summed E-state index contributed by atoms with van der Waals surface area (Å²) in [7, 11) is -3.51. The van der Waals surface area contributed by atoms with Crippen LogP contribution < -0.4 is 14.8 Å². The molecule has 2 aliphatic heterocycles. The molecule has 8 nitrogen and oxygen atoms in total. The second-order valence-electron chi connectivity index (χ2n) is 9.04. The quantitative estimate of drug-likeness (QED) is 0.646. The fourth-order valence-electron chi connectivity index (χ4n) is 4.30. The minimum atomic E-state index is -3.51. The third-order valence-electron chi connectivity index (χ3n) is 6.19. The van der Waals surface area contributed by atoms with E-state index in [-0.39, 0.29) is 24.4 Å². The molecule has 9 heteroatoms. The topological polar surface area (TPSA) is 88.2 Å². The van der Waals surface area contributed by atoms with E-state index < -0.39 is 10.0 Å². The lowest BCUT2D eigenvalue weighted by molar-refractivity contribution is -0.123. The maximum Gasteiger partial charge on any atom is 0.243 e. The van der Waals surface area contributed by atoms with E-state index in [1.807, 2.05) is 23.1 Å². The number of nitrogens with zero attached hydrogens (tertiary/aromatic N) is 2. The normalized spacial score (nSPS) is 18.3. The van der Waals surface area contributed by atoms with Crippen LogP contribution in [0.5, 0.6) is 11.5 Å². The van der Waals surface area contributed by atoms with Crippen LogP contribution in [0.4, 0.5) is 0 Å². The first kappa shape index (κ1) is 24.5. The number of ether oxygens (including phenoxy) is 2. The van der Waals surface area contributed by atoms with Crippen molar-refractivity contribution >= 4 is 15.9 Å². The molecular weight excluding hydrogens is 454 g/mol. The molecular formula is C25H33N3O5S. The number of amides is 1. The number of piperazine rings is 1. The number of hydrogen-bond acceptors (Lipinski definition) is 6. The lowest BCUT2D eigenvalue weighted by Crippen LogP contribution is -2.51. The molecule has 0 spiro atoms. The summed E-state index contributed by atoms with van der Waals surface area (Å²) in [5.74, 6) is 1.55. The van der Waals surface area contributed by atoms with Crippen molar-refractivity contribution in [3.63, 3.8) is 0 Å². The zero-order valence-electron chi connectivity index (χ0n) is 19.8. The van der Waals surface area contributed by atoms with Crippen molar-refractivity contribution in [1.82, 2.24) is 14.5 Å². The summed E-state index contributed by atoms with van der Waals surface area (Å²) in [4.78, 5) is 15.2. The largest absolute Gasteiger partial charge is 0.490 e. The highest BCUT2D eigenvalue weighted by atomic mass is 32.2. The van der Waals surface area contributed by atoms with E-state index in [0.29, 0.717) is 50.0 Å². The zero-order chi connectivity index (χ0) is 24.1. The first-order valence-corrected chi connectivity index (χ1v) is 13.2. The molecule has 1 saturated heterocycles. The van der Waals surface area contributed by atoms with Crippen LogP contribution in [0.25, 0.3) is 0 Å². The zero-order valence-corrected chi connectivity index (χ0v) is 20.6. The number of sulfonamides is 1. The average Bonchev–Trinajstić information content (AvgIpc) is 3.08. The number of carbonyl (C=O) groups excluding carboxylic acids is 1. The number of fused-ring (bicyclic) bond motifs is 1. The fourth-order valence-corrected chi connectivity index (χ4v) is 5.74. The lowest BCUT2D eigenvalue weighted by atomic mass is 9.95. The van der Waals surface area contributed by atoms with Gasteiger partial charge >= 0.3 is 0 Å². The molecule has 1 amide bonds. The summed E-state index contributed by atoms with van der Waals surface area (Å²) < 4.78 is 38.7. The molecule has 4 rings (SSSR count). The van der Waals surface area contributed by atoms with E-state index in [9.17, 15) is 13.2 Å². The van der Waals surface area contributed by atoms with Crippen LogP contribution in [0, 0.1) is 5.92 Å². The SMILES string of the molecule is CC(C)C(NC(=O)CN1CCN(S(=O)(=O)c2ccccc2)CC1)c1ccc2c(c1)OCCCO2. The molecule has 2 heterocycles. The molecule has 1 atom stereocenters. The van der Waals surface area contributed by atoms with Gasteiger partial charge in [0.25, 0.3) is 0 Å². The van der Waals surface area contributed by atoms with Crippen LogP contribution in [-0.2, 0) is 14.8 Å². The molecule has 2 aromatic rings. The summed E-state index contributed by atoms with van der Waals surface area (Å²) in [6.07, 6.45) is 0.842. The molecule has 2 aromatic carbocycles. The van der Waals surface area contributed by atoms with Crippen molar-refractivity contribution in [2.24, 2.45) is 5.92 Å². The number of hydrogen-bond donors (Lipinski definition) is 1. The molecule has 0 aromatic heterocycles. The van der Waals surface area contributed by atoms with Gasteiger partial charge in [-0.15, -0.1) is 0 Å². The second kappa shape index (κ2) is 10.8. The van der Waals surface area contributed by atoms with Crippen molar-refractivity contribution in [3.8, 4) is 11.5 Å².